The van der Waals surface area contributed by atoms with E-state index in [4.69, 9.17) is 4.42 Å². The van der Waals surface area contributed by atoms with Crippen LogP contribution in [0.3, 0.4) is 0 Å². The van der Waals surface area contributed by atoms with Crippen LogP contribution in [0.4, 0.5) is 0 Å². The highest BCUT2D eigenvalue weighted by molar-refractivity contribution is 5.75. The van der Waals surface area contributed by atoms with Crippen molar-refractivity contribution in [2.45, 2.75) is 52.4 Å². The number of carboxylic acid groups (broad SMARTS) is 1. The average molecular weight is 314 g/mol. The van der Waals surface area contributed by atoms with Crippen molar-refractivity contribution in [3.05, 3.63) is 48.0 Å². The first-order chi connectivity index (χ1) is 10.9. The maximum absolute atomic E-state index is 12.0. The Labute approximate surface area is 138 Å². The van der Waals surface area contributed by atoms with Crippen molar-refractivity contribution in [1.82, 2.24) is 0 Å². The molecule has 1 N–H and O–H groups in total. The molecule has 3 heteroatoms. The lowest BCUT2D eigenvalue weighted by atomic mass is 9.49. The molecule has 0 aliphatic heterocycles. The van der Waals surface area contributed by atoms with Gasteiger partial charge in [-0.1, -0.05) is 31.6 Å². The molecule has 0 radical (unpaired) electrons. The average Bonchev–Trinajstić information content (AvgIpc) is 2.99. The Morgan fingerprint density at radius 2 is 2.26 bits per heavy atom. The smallest absolute Gasteiger partial charge is 0.309 e. The minimum Gasteiger partial charge on any atom is -0.481 e. The Morgan fingerprint density at radius 3 is 2.91 bits per heavy atom. The van der Waals surface area contributed by atoms with E-state index in [0.717, 1.165) is 44.1 Å². The molecule has 0 aromatic carbocycles. The summed E-state index contributed by atoms with van der Waals surface area (Å²) >= 11 is 0. The maximum Gasteiger partial charge on any atom is 0.309 e. The maximum atomic E-state index is 12.0. The molecule has 2 aliphatic rings. The molecule has 0 saturated heterocycles. The monoisotopic (exact) mass is 314 g/mol. The van der Waals surface area contributed by atoms with Crippen molar-refractivity contribution in [3.8, 4) is 0 Å². The zero-order chi connectivity index (χ0) is 16.7. The SMILES string of the molecule is C=C1CC[C@H]2[C@](C)(C(=O)O)CCC[C@]2(C)/C1=C/Cc1ccoc1. The zero-order valence-electron chi connectivity index (χ0n) is 14.1. The van der Waals surface area contributed by atoms with E-state index in [1.807, 2.05) is 13.0 Å². The van der Waals surface area contributed by atoms with E-state index in [2.05, 4.69) is 19.6 Å². The van der Waals surface area contributed by atoms with E-state index in [0.29, 0.717) is 0 Å². The first-order valence-corrected chi connectivity index (χ1v) is 8.51. The number of rotatable bonds is 3. The number of allylic oxidation sites excluding steroid dienone is 3. The number of carbonyl (C=O) groups is 1. The predicted octanol–water partition coefficient (Wildman–Crippen LogP) is 5.00. The molecule has 0 spiro atoms. The third-order valence-electron chi connectivity index (χ3n) is 6.27. The molecule has 3 atom stereocenters. The van der Waals surface area contributed by atoms with E-state index in [9.17, 15) is 9.90 Å². The summed E-state index contributed by atoms with van der Waals surface area (Å²) in [7, 11) is 0. The molecule has 2 saturated carbocycles. The Bertz CT molecular complexity index is 640. The molecule has 1 aromatic heterocycles. The molecule has 0 unspecified atom stereocenters. The Morgan fingerprint density at radius 1 is 1.48 bits per heavy atom. The Hall–Kier alpha value is -1.77. The van der Waals surface area contributed by atoms with Gasteiger partial charge in [-0.05, 0) is 67.6 Å². The molecular weight excluding hydrogens is 288 g/mol. The fourth-order valence-corrected chi connectivity index (χ4v) is 4.95. The lowest BCUT2D eigenvalue weighted by Crippen LogP contribution is -2.50. The highest BCUT2D eigenvalue weighted by Gasteiger charge is 2.55. The molecule has 0 amide bonds. The van der Waals surface area contributed by atoms with Crippen LogP contribution >= 0.6 is 0 Å². The van der Waals surface area contributed by atoms with Gasteiger partial charge in [0.05, 0.1) is 17.9 Å². The van der Waals surface area contributed by atoms with Crippen molar-refractivity contribution in [2.24, 2.45) is 16.7 Å². The first kappa shape index (κ1) is 16.1. The van der Waals surface area contributed by atoms with Gasteiger partial charge in [-0.15, -0.1) is 0 Å². The standard InChI is InChI=1S/C20H26O3/c1-14-5-8-17-19(2,10-4-11-20(17,3)18(21)22)16(14)7-6-15-9-12-23-13-15/h7,9,12-13,17H,1,4-6,8,10-11H2,2-3H3,(H,21,22)/b16-7+/t17-,19-,20-/m1/s1. The highest BCUT2D eigenvalue weighted by atomic mass is 16.4. The highest BCUT2D eigenvalue weighted by Crippen LogP contribution is 2.60. The third kappa shape index (κ3) is 2.56. The second kappa shape index (κ2) is 5.70. The van der Waals surface area contributed by atoms with Gasteiger partial charge in [0, 0.05) is 0 Å². The van der Waals surface area contributed by atoms with Crippen LogP contribution in [0.25, 0.3) is 0 Å². The molecule has 3 nitrogen and oxygen atoms in total. The minimum absolute atomic E-state index is 0.0789. The van der Waals surface area contributed by atoms with E-state index in [1.54, 1.807) is 12.5 Å². The van der Waals surface area contributed by atoms with Crippen LogP contribution in [0.2, 0.25) is 0 Å². The molecule has 23 heavy (non-hydrogen) atoms. The second-order valence-corrected chi connectivity index (χ2v) is 7.64. The minimum atomic E-state index is -0.643. The summed E-state index contributed by atoms with van der Waals surface area (Å²) in [5.41, 5.74) is 2.91. The van der Waals surface area contributed by atoms with Gasteiger partial charge in [-0.25, -0.2) is 0 Å². The summed E-state index contributed by atoms with van der Waals surface area (Å²) in [4.78, 5) is 12.0. The van der Waals surface area contributed by atoms with Crippen molar-refractivity contribution in [1.29, 1.82) is 0 Å². The summed E-state index contributed by atoms with van der Waals surface area (Å²) in [5.74, 6) is -0.461. The topological polar surface area (TPSA) is 50.4 Å². The molecule has 2 fully saturated rings. The molecule has 1 aromatic rings. The number of aliphatic carboxylic acids is 1. The van der Waals surface area contributed by atoms with Gasteiger partial charge in [-0.3, -0.25) is 4.79 Å². The zero-order valence-corrected chi connectivity index (χ0v) is 14.1. The van der Waals surface area contributed by atoms with Crippen LogP contribution in [-0.4, -0.2) is 11.1 Å². The van der Waals surface area contributed by atoms with Crippen LogP contribution in [0.1, 0.15) is 51.5 Å². The van der Waals surface area contributed by atoms with Gasteiger partial charge in [0.25, 0.3) is 0 Å². The van der Waals surface area contributed by atoms with Gasteiger partial charge in [0.2, 0.25) is 0 Å². The van der Waals surface area contributed by atoms with Crippen molar-refractivity contribution in [2.75, 3.05) is 0 Å². The fraction of sp³-hybridized carbons (Fsp3) is 0.550. The van der Waals surface area contributed by atoms with Crippen LogP contribution in [-0.2, 0) is 11.2 Å². The van der Waals surface area contributed by atoms with E-state index in [-0.39, 0.29) is 11.3 Å². The number of carboxylic acids is 1. The van der Waals surface area contributed by atoms with E-state index in [1.165, 1.54) is 11.1 Å². The number of fused-ring (bicyclic) bond motifs is 1. The summed E-state index contributed by atoms with van der Waals surface area (Å²) < 4.78 is 5.15. The van der Waals surface area contributed by atoms with Gasteiger partial charge >= 0.3 is 5.97 Å². The van der Waals surface area contributed by atoms with Gasteiger partial charge < -0.3 is 9.52 Å². The van der Waals surface area contributed by atoms with Crippen molar-refractivity contribution in [3.63, 3.8) is 0 Å². The summed E-state index contributed by atoms with van der Waals surface area (Å²) in [6.07, 6.45) is 11.2. The molecule has 2 aliphatic carbocycles. The fourth-order valence-electron chi connectivity index (χ4n) is 4.95. The molecular formula is C20H26O3. The lowest BCUT2D eigenvalue weighted by Gasteiger charge is -2.54. The quantitative estimate of drug-likeness (QED) is 0.854. The molecule has 0 bridgehead atoms. The van der Waals surface area contributed by atoms with Crippen LogP contribution < -0.4 is 0 Å². The largest absolute Gasteiger partial charge is 0.481 e. The van der Waals surface area contributed by atoms with Gasteiger partial charge in [-0.2, -0.15) is 0 Å². The Kier molecular flexibility index (Phi) is 3.99. The second-order valence-electron chi connectivity index (χ2n) is 7.64. The molecule has 1 heterocycles. The van der Waals surface area contributed by atoms with E-state index < -0.39 is 11.4 Å². The predicted molar refractivity (Wildman–Crippen MR) is 90.1 cm³/mol. The number of hydrogen-bond acceptors (Lipinski definition) is 2. The number of furan rings is 1. The van der Waals surface area contributed by atoms with Crippen molar-refractivity contribution >= 4 is 5.97 Å². The van der Waals surface area contributed by atoms with Crippen LogP contribution in [0.5, 0.6) is 0 Å². The lowest BCUT2D eigenvalue weighted by molar-refractivity contribution is -0.159. The van der Waals surface area contributed by atoms with E-state index >= 15 is 0 Å². The summed E-state index contributed by atoms with van der Waals surface area (Å²) in [5, 5.41) is 9.83. The summed E-state index contributed by atoms with van der Waals surface area (Å²) in [6.45, 7) is 8.48. The summed E-state index contributed by atoms with van der Waals surface area (Å²) in [6, 6.07) is 1.98. The van der Waals surface area contributed by atoms with Gasteiger partial charge in [0.15, 0.2) is 0 Å². The Balaban J connectivity index is 1.97. The van der Waals surface area contributed by atoms with Crippen molar-refractivity contribution < 1.29 is 14.3 Å². The first-order valence-electron chi connectivity index (χ1n) is 8.51. The number of hydrogen-bond donors (Lipinski definition) is 1. The normalized spacial score (nSPS) is 36.0. The molecule has 124 valence electrons. The van der Waals surface area contributed by atoms with Crippen LogP contribution in [0.15, 0.2) is 46.8 Å². The molecule has 3 rings (SSSR count). The van der Waals surface area contributed by atoms with Gasteiger partial charge in [0.1, 0.15) is 0 Å². The third-order valence-corrected chi connectivity index (χ3v) is 6.27. The van der Waals surface area contributed by atoms with Crippen LogP contribution in [0, 0.1) is 16.7 Å².